The van der Waals surface area contributed by atoms with Crippen molar-refractivity contribution in [2.45, 2.75) is 44.1 Å². The minimum absolute atomic E-state index is 0.00744. The van der Waals surface area contributed by atoms with Gasteiger partial charge in [-0.2, -0.15) is 4.40 Å². The lowest BCUT2D eigenvalue weighted by Crippen LogP contribution is -2.59. The number of carbonyl (C=O) groups is 1. The quantitative estimate of drug-likeness (QED) is 0.524. The molecule has 4 saturated carbocycles. The molecular formula is C24H24Cl2N3O+. The monoisotopic (exact) mass is 440 g/mol. The average Bonchev–Trinajstić information content (AvgIpc) is 3.09. The molecule has 0 spiro atoms. The minimum Gasteiger partial charge on any atom is -0.343 e. The Morgan fingerprint density at radius 3 is 2.37 bits per heavy atom. The third-order valence-electron chi connectivity index (χ3n) is 7.44. The highest BCUT2D eigenvalue weighted by Crippen LogP contribution is 2.55. The zero-order chi connectivity index (χ0) is 20.5. The van der Waals surface area contributed by atoms with Crippen molar-refractivity contribution < 1.29 is 9.20 Å². The third kappa shape index (κ3) is 2.96. The molecule has 4 fully saturated rings. The molecule has 4 nitrogen and oxygen atoms in total. The van der Waals surface area contributed by atoms with Gasteiger partial charge in [0.2, 0.25) is 5.69 Å². The van der Waals surface area contributed by atoms with Gasteiger partial charge in [-0.05, 0) is 86.6 Å². The molecule has 2 aromatic heterocycles. The van der Waals surface area contributed by atoms with E-state index in [1.165, 1.54) is 19.3 Å². The number of hydrogen-bond acceptors (Lipinski definition) is 1. The minimum atomic E-state index is -0.0214. The fourth-order valence-corrected chi connectivity index (χ4v) is 6.98. The van der Waals surface area contributed by atoms with Crippen LogP contribution in [0.5, 0.6) is 0 Å². The molecule has 0 unspecified atom stereocenters. The van der Waals surface area contributed by atoms with Crippen molar-refractivity contribution in [1.29, 1.82) is 0 Å². The van der Waals surface area contributed by atoms with Crippen LogP contribution in [0.15, 0.2) is 42.6 Å². The molecule has 0 aliphatic heterocycles. The van der Waals surface area contributed by atoms with Crippen LogP contribution in [0, 0.1) is 17.8 Å². The van der Waals surface area contributed by atoms with E-state index in [0.29, 0.717) is 15.7 Å². The van der Waals surface area contributed by atoms with Gasteiger partial charge in [-0.3, -0.25) is 4.79 Å². The molecule has 3 aromatic rings. The third-order valence-corrected chi connectivity index (χ3v) is 8.18. The summed E-state index contributed by atoms with van der Waals surface area (Å²) < 4.78 is 2.01. The van der Waals surface area contributed by atoms with Gasteiger partial charge in [-0.1, -0.05) is 29.3 Å². The summed E-state index contributed by atoms with van der Waals surface area (Å²) in [6, 6.07) is 11.4. The number of imidazole rings is 1. The summed E-state index contributed by atoms with van der Waals surface area (Å²) in [7, 11) is 0. The predicted molar refractivity (Wildman–Crippen MR) is 118 cm³/mol. The van der Waals surface area contributed by atoms with E-state index in [4.69, 9.17) is 23.2 Å². The largest absolute Gasteiger partial charge is 0.343 e. The second kappa shape index (κ2) is 6.73. The first-order valence-electron chi connectivity index (χ1n) is 10.8. The molecule has 7 rings (SSSR count). The number of carbonyl (C=O) groups excluding carboxylic acids is 1. The van der Waals surface area contributed by atoms with Gasteiger partial charge in [0.1, 0.15) is 0 Å². The smallest absolute Gasteiger partial charge is 0.296 e. The summed E-state index contributed by atoms with van der Waals surface area (Å²) >= 11 is 12.4. The van der Waals surface area contributed by atoms with Gasteiger partial charge in [0.05, 0.1) is 21.8 Å². The van der Waals surface area contributed by atoms with Crippen LogP contribution in [0.4, 0.5) is 0 Å². The van der Waals surface area contributed by atoms with Crippen molar-refractivity contribution >= 4 is 34.6 Å². The Hall–Kier alpha value is -2.04. The standard InChI is InChI=1S/C24H23Cl2N3O/c25-18-5-4-17(10-19(18)26)22-27-21(20-3-1-2-6-29(20)22)23(30)28-24-11-14-7-15(12-24)9-16(8-14)13-24/h1-6,10,14-16H,7-9,11-13H2,(H,28,30)/p+1. The van der Waals surface area contributed by atoms with Crippen LogP contribution in [-0.4, -0.2) is 16.4 Å². The fourth-order valence-electron chi connectivity index (χ4n) is 6.68. The zero-order valence-electron chi connectivity index (χ0n) is 16.6. The van der Waals surface area contributed by atoms with E-state index in [1.54, 1.807) is 6.07 Å². The topological polar surface area (TPSA) is 49.0 Å². The highest BCUT2D eigenvalue weighted by atomic mass is 35.5. The molecule has 0 radical (unpaired) electrons. The average molecular weight is 441 g/mol. The summed E-state index contributed by atoms with van der Waals surface area (Å²) in [6.45, 7) is 0. The number of amides is 1. The molecule has 30 heavy (non-hydrogen) atoms. The first-order chi connectivity index (χ1) is 14.5. The predicted octanol–water partition coefficient (Wildman–Crippen LogP) is 5.43. The van der Waals surface area contributed by atoms with Crippen molar-refractivity contribution in [3.05, 3.63) is 58.3 Å². The maximum absolute atomic E-state index is 13.5. The first-order valence-corrected chi connectivity index (χ1v) is 11.6. The van der Waals surface area contributed by atoms with Crippen LogP contribution >= 0.6 is 23.2 Å². The Kier molecular flexibility index (Phi) is 4.20. The number of aromatic amines is 1. The van der Waals surface area contributed by atoms with Crippen LogP contribution in [0.3, 0.4) is 0 Å². The molecular weight excluding hydrogens is 417 g/mol. The molecule has 2 heterocycles. The number of H-pyrrole nitrogens is 1. The number of benzene rings is 1. The lowest BCUT2D eigenvalue weighted by molar-refractivity contribution is -0.498. The number of aromatic nitrogens is 2. The maximum Gasteiger partial charge on any atom is 0.296 e. The summed E-state index contributed by atoms with van der Waals surface area (Å²) in [5, 5.41) is 4.50. The van der Waals surface area contributed by atoms with Gasteiger partial charge < -0.3 is 5.32 Å². The summed E-state index contributed by atoms with van der Waals surface area (Å²) in [6.07, 6.45) is 9.45. The molecule has 4 aliphatic carbocycles. The van der Waals surface area contributed by atoms with Crippen LogP contribution in [0.2, 0.25) is 10.0 Å². The molecule has 1 amide bonds. The summed E-state index contributed by atoms with van der Waals surface area (Å²) in [5.74, 6) is 3.18. The Bertz CT molecular complexity index is 1130. The molecule has 0 saturated heterocycles. The highest BCUT2D eigenvalue weighted by molar-refractivity contribution is 6.42. The van der Waals surface area contributed by atoms with E-state index < -0.39 is 0 Å². The SMILES string of the molecule is O=C(NC12CC3CC(CC(C3)C1)C2)c1[nH]c(-c2ccc(Cl)c(Cl)c2)[n+]2ccccc12. The van der Waals surface area contributed by atoms with Crippen LogP contribution in [0.1, 0.15) is 49.0 Å². The van der Waals surface area contributed by atoms with Crippen molar-refractivity contribution in [3.8, 4) is 11.4 Å². The number of nitrogens with zero attached hydrogens (tertiary/aromatic N) is 1. The van der Waals surface area contributed by atoms with E-state index in [0.717, 1.165) is 53.9 Å². The normalized spacial score (nSPS) is 29.5. The number of halogens is 2. The van der Waals surface area contributed by atoms with Crippen molar-refractivity contribution in [3.63, 3.8) is 0 Å². The lowest BCUT2D eigenvalue weighted by atomic mass is 9.53. The van der Waals surface area contributed by atoms with E-state index in [1.807, 2.05) is 40.9 Å². The van der Waals surface area contributed by atoms with Gasteiger partial charge in [-0.15, -0.1) is 0 Å². The molecule has 4 bridgehead atoms. The molecule has 4 aliphatic rings. The Morgan fingerprint density at radius 2 is 1.70 bits per heavy atom. The second-order valence-electron chi connectivity index (χ2n) is 9.59. The van der Waals surface area contributed by atoms with Gasteiger partial charge >= 0.3 is 0 Å². The highest BCUT2D eigenvalue weighted by Gasteiger charge is 2.52. The zero-order valence-corrected chi connectivity index (χ0v) is 18.1. The van der Waals surface area contributed by atoms with Crippen molar-refractivity contribution in [2.75, 3.05) is 0 Å². The molecule has 154 valence electrons. The second-order valence-corrected chi connectivity index (χ2v) is 10.4. The number of pyridine rings is 1. The van der Waals surface area contributed by atoms with Gasteiger partial charge in [0.25, 0.3) is 11.7 Å². The Labute approximate surface area is 185 Å². The number of rotatable bonds is 3. The number of nitrogens with one attached hydrogen (secondary N) is 2. The molecule has 2 N–H and O–H groups in total. The Balaban J connectivity index is 1.38. The van der Waals surface area contributed by atoms with Gasteiger partial charge in [0, 0.05) is 5.54 Å². The van der Waals surface area contributed by atoms with Gasteiger partial charge in [0.15, 0.2) is 5.52 Å². The van der Waals surface area contributed by atoms with E-state index >= 15 is 0 Å². The Morgan fingerprint density at radius 1 is 1.00 bits per heavy atom. The first kappa shape index (κ1) is 18.7. The van der Waals surface area contributed by atoms with E-state index in [9.17, 15) is 4.79 Å². The van der Waals surface area contributed by atoms with E-state index in [2.05, 4.69) is 10.3 Å². The van der Waals surface area contributed by atoms with Gasteiger partial charge in [-0.25, -0.2) is 4.98 Å². The van der Waals surface area contributed by atoms with Crippen molar-refractivity contribution in [1.82, 2.24) is 10.3 Å². The van der Waals surface area contributed by atoms with Crippen molar-refractivity contribution in [2.24, 2.45) is 17.8 Å². The fraction of sp³-hybridized carbons (Fsp3) is 0.417. The molecule has 0 atom stereocenters. The van der Waals surface area contributed by atoms with Crippen LogP contribution in [0.25, 0.3) is 16.9 Å². The van der Waals surface area contributed by atoms with E-state index in [-0.39, 0.29) is 11.4 Å². The maximum atomic E-state index is 13.5. The number of hydrogen-bond donors (Lipinski definition) is 2. The number of fused-ring (bicyclic) bond motifs is 1. The molecule has 1 aromatic carbocycles. The van der Waals surface area contributed by atoms with Crippen LogP contribution < -0.4 is 9.72 Å². The molecule has 6 heteroatoms. The lowest BCUT2D eigenvalue weighted by Gasteiger charge is -2.56. The van der Waals surface area contributed by atoms with Crippen LogP contribution in [-0.2, 0) is 0 Å². The summed E-state index contributed by atoms with van der Waals surface area (Å²) in [4.78, 5) is 16.9. The summed E-state index contributed by atoms with van der Waals surface area (Å²) in [5.41, 5.74) is 2.33.